The van der Waals surface area contributed by atoms with Gasteiger partial charge in [0.1, 0.15) is 18.2 Å². The van der Waals surface area contributed by atoms with E-state index in [1.165, 1.54) is 6.92 Å². The lowest BCUT2D eigenvalue weighted by atomic mass is 9.85. The van der Waals surface area contributed by atoms with Crippen LogP contribution >= 0.6 is 0 Å². The maximum absolute atomic E-state index is 13.1. The fourth-order valence-corrected chi connectivity index (χ4v) is 4.50. The van der Waals surface area contributed by atoms with Crippen LogP contribution in [0, 0.1) is 5.41 Å². The van der Waals surface area contributed by atoms with Gasteiger partial charge in [-0.25, -0.2) is 9.59 Å². The molecule has 7 heteroatoms. The number of carbonyl (C=O) groups is 3. The van der Waals surface area contributed by atoms with Crippen LogP contribution in [0.4, 0.5) is 4.79 Å². The van der Waals surface area contributed by atoms with Crippen molar-refractivity contribution in [1.29, 1.82) is 0 Å². The Hall–Kier alpha value is -3.35. The number of aliphatic carboxylic acids is 1. The van der Waals surface area contributed by atoms with Crippen molar-refractivity contribution in [1.82, 2.24) is 10.6 Å². The molecule has 2 atom stereocenters. The molecule has 0 heterocycles. The Morgan fingerprint density at radius 1 is 0.971 bits per heavy atom. The van der Waals surface area contributed by atoms with E-state index in [-0.39, 0.29) is 18.9 Å². The monoisotopic (exact) mass is 466 g/mol. The molecular formula is C27H34N2O5. The van der Waals surface area contributed by atoms with Gasteiger partial charge in [-0.05, 0) is 41.0 Å². The van der Waals surface area contributed by atoms with Gasteiger partial charge in [0.15, 0.2) is 0 Å². The molecular weight excluding hydrogens is 432 g/mol. The lowest BCUT2D eigenvalue weighted by Crippen LogP contribution is -2.60. The van der Waals surface area contributed by atoms with Crippen molar-refractivity contribution in [3.8, 4) is 11.1 Å². The van der Waals surface area contributed by atoms with Crippen LogP contribution < -0.4 is 10.6 Å². The number of fused-ring (bicyclic) bond motifs is 3. The third-order valence-corrected chi connectivity index (χ3v) is 6.36. The molecule has 0 aromatic heterocycles. The Kier molecular flexibility index (Phi) is 7.34. The van der Waals surface area contributed by atoms with E-state index in [4.69, 9.17) is 4.74 Å². The van der Waals surface area contributed by atoms with Crippen molar-refractivity contribution < 1.29 is 24.2 Å². The molecule has 1 aliphatic rings. The highest BCUT2D eigenvalue weighted by atomic mass is 16.5. The van der Waals surface area contributed by atoms with E-state index in [1.807, 2.05) is 43.3 Å². The Morgan fingerprint density at radius 3 is 1.97 bits per heavy atom. The van der Waals surface area contributed by atoms with Gasteiger partial charge in [-0.2, -0.15) is 0 Å². The Labute approximate surface area is 200 Å². The van der Waals surface area contributed by atoms with Gasteiger partial charge >= 0.3 is 12.1 Å². The summed E-state index contributed by atoms with van der Waals surface area (Å²) in [6, 6.07) is 15.1. The van der Waals surface area contributed by atoms with E-state index in [0.717, 1.165) is 22.3 Å². The maximum Gasteiger partial charge on any atom is 0.407 e. The Bertz CT molecular complexity index is 1030. The van der Waals surface area contributed by atoms with Crippen molar-refractivity contribution in [3.05, 3.63) is 59.7 Å². The van der Waals surface area contributed by atoms with Crippen LogP contribution in [0.15, 0.2) is 48.5 Å². The van der Waals surface area contributed by atoms with E-state index in [0.29, 0.717) is 6.42 Å². The van der Waals surface area contributed by atoms with E-state index in [1.54, 1.807) is 20.8 Å². The normalized spacial score (nSPS) is 15.4. The van der Waals surface area contributed by atoms with E-state index >= 15 is 0 Å². The van der Waals surface area contributed by atoms with Gasteiger partial charge in [-0.1, -0.05) is 82.6 Å². The number of rotatable bonds is 8. The van der Waals surface area contributed by atoms with Gasteiger partial charge in [0.2, 0.25) is 5.91 Å². The number of carboxylic acid groups (broad SMARTS) is 1. The predicted octanol–water partition coefficient (Wildman–Crippen LogP) is 4.70. The molecule has 0 saturated heterocycles. The van der Waals surface area contributed by atoms with E-state index in [2.05, 4.69) is 22.8 Å². The maximum atomic E-state index is 13.1. The molecule has 2 amide bonds. The molecule has 2 aromatic rings. The van der Waals surface area contributed by atoms with Gasteiger partial charge in [-0.3, -0.25) is 4.79 Å². The summed E-state index contributed by atoms with van der Waals surface area (Å²) in [7, 11) is 0. The SMILES string of the molecule is CCCC(C)(NC(=O)C(NC(=O)OCC1c2ccccc2-c2ccccc21)C(C)(C)C)C(=O)O. The summed E-state index contributed by atoms with van der Waals surface area (Å²) in [6.45, 7) is 8.87. The third-order valence-electron chi connectivity index (χ3n) is 6.36. The molecule has 182 valence electrons. The average molecular weight is 467 g/mol. The average Bonchev–Trinajstić information content (AvgIpc) is 3.09. The van der Waals surface area contributed by atoms with Crippen molar-refractivity contribution in [2.75, 3.05) is 6.61 Å². The van der Waals surface area contributed by atoms with Crippen LogP contribution in [0.5, 0.6) is 0 Å². The highest BCUT2D eigenvalue weighted by Gasteiger charge is 2.40. The molecule has 3 rings (SSSR count). The summed E-state index contributed by atoms with van der Waals surface area (Å²) in [4.78, 5) is 37.6. The van der Waals surface area contributed by atoms with Crippen LogP contribution in [0.2, 0.25) is 0 Å². The quantitative estimate of drug-likeness (QED) is 0.523. The summed E-state index contributed by atoms with van der Waals surface area (Å²) >= 11 is 0. The van der Waals surface area contributed by atoms with Crippen LogP contribution in [0.25, 0.3) is 11.1 Å². The molecule has 2 unspecified atom stereocenters. The number of hydrogen-bond acceptors (Lipinski definition) is 4. The van der Waals surface area contributed by atoms with Gasteiger partial charge in [0, 0.05) is 5.92 Å². The minimum absolute atomic E-state index is 0.0973. The third kappa shape index (κ3) is 5.24. The first kappa shape index (κ1) is 25.3. The molecule has 0 fully saturated rings. The first-order chi connectivity index (χ1) is 16.0. The molecule has 2 aromatic carbocycles. The van der Waals surface area contributed by atoms with Gasteiger partial charge < -0.3 is 20.5 Å². The molecule has 34 heavy (non-hydrogen) atoms. The zero-order chi connectivity index (χ0) is 25.1. The molecule has 1 aliphatic carbocycles. The number of amides is 2. The molecule has 0 saturated carbocycles. The topological polar surface area (TPSA) is 105 Å². The van der Waals surface area contributed by atoms with Crippen molar-refractivity contribution in [3.63, 3.8) is 0 Å². The number of ether oxygens (including phenoxy) is 1. The molecule has 0 radical (unpaired) electrons. The zero-order valence-corrected chi connectivity index (χ0v) is 20.5. The summed E-state index contributed by atoms with van der Waals surface area (Å²) < 4.78 is 5.59. The van der Waals surface area contributed by atoms with Crippen molar-refractivity contribution >= 4 is 18.0 Å². The highest BCUT2D eigenvalue weighted by molar-refractivity contribution is 5.91. The number of carboxylic acids is 1. The standard InChI is InChI=1S/C27H34N2O5/c1-6-15-27(5,24(31)32)29-23(30)22(26(2,3)4)28-25(33)34-16-21-19-13-9-7-11-17(19)18-12-8-10-14-20(18)21/h7-14,21-22H,6,15-16H2,1-5H3,(H,28,33)(H,29,30)(H,31,32). The van der Waals surface area contributed by atoms with E-state index < -0.39 is 35.0 Å². The Balaban J connectivity index is 1.72. The highest BCUT2D eigenvalue weighted by Crippen LogP contribution is 2.44. The zero-order valence-electron chi connectivity index (χ0n) is 20.5. The van der Waals surface area contributed by atoms with Crippen LogP contribution in [0.3, 0.4) is 0 Å². The molecule has 3 N–H and O–H groups in total. The summed E-state index contributed by atoms with van der Waals surface area (Å²) in [5, 5.41) is 14.9. The van der Waals surface area contributed by atoms with Crippen molar-refractivity contribution in [2.45, 2.75) is 65.0 Å². The second kappa shape index (κ2) is 9.87. The lowest BCUT2D eigenvalue weighted by molar-refractivity contribution is -0.148. The minimum atomic E-state index is -1.42. The first-order valence-electron chi connectivity index (χ1n) is 11.6. The smallest absolute Gasteiger partial charge is 0.407 e. The summed E-state index contributed by atoms with van der Waals surface area (Å²) in [6.07, 6.45) is 0.142. The van der Waals surface area contributed by atoms with Crippen LogP contribution in [-0.4, -0.2) is 41.3 Å². The fourth-order valence-electron chi connectivity index (χ4n) is 4.50. The Morgan fingerprint density at radius 2 is 1.50 bits per heavy atom. The van der Waals surface area contributed by atoms with Gasteiger partial charge in [0.05, 0.1) is 0 Å². The van der Waals surface area contributed by atoms with Gasteiger partial charge in [-0.15, -0.1) is 0 Å². The first-order valence-corrected chi connectivity index (χ1v) is 11.6. The number of hydrogen-bond donors (Lipinski definition) is 3. The second-order valence-electron chi connectivity index (χ2n) is 10.1. The number of nitrogens with one attached hydrogen (secondary N) is 2. The predicted molar refractivity (Wildman–Crippen MR) is 131 cm³/mol. The van der Waals surface area contributed by atoms with Crippen LogP contribution in [0.1, 0.15) is 64.5 Å². The largest absolute Gasteiger partial charge is 0.480 e. The van der Waals surface area contributed by atoms with Gasteiger partial charge in [0.25, 0.3) is 0 Å². The molecule has 7 nitrogen and oxygen atoms in total. The molecule has 0 spiro atoms. The molecule has 0 bridgehead atoms. The minimum Gasteiger partial charge on any atom is -0.480 e. The van der Waals surface area contributed by atoms with E-state index in [9.17, 15) is 19.5 Å². The number of alkyl carbamates (subject to hydrolysis) is 1. The molecule has 0 aliphatic heterocycles. The lowest BCUT2D eigenvalue weighted by Gasteiger charge is -2.34. The summed E-state index contributed by atoms with van der Waals surface area (Å²) in [5.74, 6) is -1.77. The number of benzene rings is 2. The fraction of sp³-hybridized carbons (Fsp3) is 0.444. The van der Waals surface area contributed by atoms with Crippen molar-refractivity contribution in [2.24, 2.45) is 5.41 Å². The number of carbonyl (C=O) groups excluding carboxylic acids is 2. The van der Waals surface area contributed by atoms with Crippen LogP contribution in [-0.2, 0) is 14.3 Å². The summed E-state index contributed by atoms with van der Waals surface area (Å²) in [5.41, 5.74) is 2.36. The second-order valence-corrected chi connectivity index (χ2v) is 10.1.